The fraction of sp³-hybridized carbons (Fsp3) is 1.00. The quantitative estimate of drug-likeness (QED) is 0.467. The van der Waals surface area contributed by atoms with E-state index in [1.807, 2.05) is 6.92 Å². The van der Waals surface area contributed by atoms with Gasteiger partial charge in [-0.1, -0.05) is 19.8 Å². The van der Waals surface area contributed by atoms with Crippen LogP contribution in [0.3, 0.4) is 0 Å². The van der Waals surface area contributed by atoms with E-state index >= 15 is 0 Å². The standard InChI is InChI=1S/C10H22N2O/c1-3-10(13-4-2)9(12-11)7-8-5-6-8/h8-10,12H,3-7,11H2,1-2H3. The van der Waals surface area contributed by atoms with Crippen LogP contribution in [0, 0.1) is 5.92 Å². The largest absolute Gasteiger partial charge is 0.377 e. The summed E-state index contributed by atoms with van der Waals surface area (Å²) < 4.78 is 5.63. The normalized spacial score (nSPS) is 21.5. The number of nitrogens with one attached hydrogen (secondary N) is 1. The number of rotatable bonds is 7. The second-order valence-corrected chi connectivity index (χ2v) is 3.85. The molecule has 0 spiro atoms. The second-order valence-electron chi connectivity index (χ2n) is 3.85. The molecule has 1 saturated carbocycles. The molecule has 2 unspecified atom stereocenters. The lowest BCUT2D eigenvalue weighted by Gasteiger charge is -2.25. The molecule has 1 rings (SSSR count). The van der Waals surface area contributed by atoms with Crippen LogP contribution in [0.5, 0.6) is 0 Å². The number of hydrazine groups is 1. The zero-order valence-corrected chi connectivity index (χ0v) is 8.75. The molecule has 0 amide bonds. The topological polar surface area (TPSA) is 47.3 Å². The SMILES string of the molecule is CCOC(CC)C(CC1CC1)NN. The molecule has 0 aliphatic heterocycles. The summed E-state index contributed by atoms with van der Waals surface area (Å²) in [5.74, 6) is 6.42. The third-order valence-corrected chi connectivity index (χ3v) is 2.73. The minimum absolute atomic E-state index is 0.288. The molecular formula is C10H22N2O. The molecule has 3 heteroatoms. The monoisotopic (exact) mass is 186 g/mol. The molecular weight excluding hydrogens is 164 g/mol. The van der Waals surface area contributed by atoms with Crippen LogP contribution in [0.1, 0.15) is 39.5 Å². The zero-order valence-electron chi connectivity index (χ0n) is 8.75. The van der Waals surface area contributed by atoms with Crippen LogP contribution in [0.25, 0.3) is 0 Å². The maximum absolute atomic E-state index is 5.63. The molecule has 0 saturated heterocycles. The van der Waals surface area contributed by atoms with Gasteiger partial charge in [0.1, 0.15) is 0 Å². The van der Waals surface area contributed by atoms with E-state index in [1.165, 1.54) is 19.3 Å². The minimum Gasteiger partial charge on any atom is -0.377 e. The average Bonchev–Trinajstić information content (AvgIpc) is 2.94. The van der Waals surface area contributed by atoms with Crippen LogP contribution in [-0.2, 0) is 4.74 Å². The van der Waals surface area contributed by atoms with Gasteiger partial charge in [0.15, 0.2) is 0 Å². The molecule has 3 nitrogen and oxygen atoms in total. The van der Waals surface area contributed by atoms with Crippen molar-refractivity contribution in [1.29, 1.82) is 0 Å². The molecule has 0 heterocycles. The van der Waals surface area contributed by atoms with Crippen molar-refractivity contribution in [2.75, 3.05) is 6.61 Å². The first kappa shape index (κ1) is 11.0. The van der Waals surface area contributed by atoms with Crippen molar-refractivity contribution in [3.05, 3.63) is 0 Å². The van der Waals surface area contributed by atoms with Crippen molar-refractivity contribution >= 4 is 0 Å². The van der Waals surface area contributed by atoms with Crippen LogP contribution >= 0.6 is 0 Å². The Bertz CT molecular complexity index is 137. The molecule has 2 atom stereocenters. The first-order valence-electron chi connectivity index (χ1n) is 5.39. The van der Waals surface area contributed by atoms with Crippen LogP contribution in [-0.4, -0.2) is 18.8 Å². The van der Waals surface area contributed by atoms with Gasteiger partial charge in [-0.05, 0) is 25.7 Å². The van der Waals surface area contributed by atoms with E-state index in [2.05, 4.69) is 12.3 Å². The molecule has 0 aromatic heterocycles. The molecule has 1 aliphatic rings. The third-order valence-electron chi connectivity index (χ3n) is 2.73. The molecule has 0 aromatic carbocycles. The Morgan fingerprint density at radius 3 is 2.54 bits per heavy atom. The van der Waals surface area contributed by atoms with Gasteiger partial charge in [0.2, 0.25) is 0 Å². The predicted molar refractivity (Wildman–Crippen MR) is 54.2 cm³/mol. The van der Waals surface area contributed by atoms with Gasteiger partial charge in [0.05, 0.1) is 6.10 Å². The summed E-state index contributed by atoms with van der Waals surface area (Å²) in [5.41, 5.74) is 2.88. The van der Waals surface area contributed by atoms with Crippen LogP contribution in [0.2, 0.25) is 0 Å². The number of nitrogens with two attached hydrogens (primary N) is 1. The Kier molecular flexibility index (Phi) is 4.70. The lowest BCUT2D eigenvalue weighted by molar-refractivity contribution is 0.0282. The summed E-state index contributed by atoms with van der Waals surface area (Å²) in [6.07, 6.45) is 5.25. The van der Waals surface area contributed by atoms with Crippen molar-refractivity contribution in [1.82, 2.24) is 5.43 Å². The number of hydrogen-bond acceptors (Lipinski definition) is 3. The highest BCUT2D eigenvalue weighted by molar-refractivity contribution is 4.83. The lowest BCUT2D eigenvalue weighted by Crippen LogP contribution is -2.45. The number of ether oxygens (including phenoxy) is 1. The van der Waals surface area contributed by atoms with Gasteiger partial charge in [-0.25, -0.2) is 0 Å². The van der Waals surface area contributed by atoms with E-state index < -0.39 is 0 Å². The van der Waals surface area contributed by atoms with Gasteiger partial charge in [-0.2, -0.15) is 0 Å². The van der Waals surface area contributed by atoms with E-state index in [-0.39, 0.29) is 6.10 Å². The maximum Gasteiger partial charge on any atom is 0.0738 e. The van der Waals surface area contributed by atoms with Crippen molar-refractivity contribution in [3.8, 4) is 0 Å². The van der Waals surface area contributed by atoms with Crippen molar-refractivity contribution in [3.63, 3.8) is 0 Å². The molecule has 1 aliphatic carbocycles. The van der Waals surface area contributed by atoms with E-state index in [9.17, 15) is 0 Å². The smallest absolute Gasteiger partial charge is 0.0738 e. The highest BCUT2D eigenvalue weighted by Gasteiger charge is 2.28. The minimum atomic E-state index is 0.288. The van der Waals surface area contributed by atoms with Crippen LogP contribution in [0.15, 0.2) is 0 Å². The van der Waals surface area contributed by atoms with Crippen molar-refractivity contribution in [2.24, 2.45) is 11.8 Å². The van der Waals surface area contributed by atoms with E-state index in [4.69, 9.17) is 10.6 Å². The lowest BCUT2D eigenvalue weighted by atomic mass is 10.0. The summed E-state index contributed by atoms with van der Waals surface area (Å²) in [6.45, 7) is 4.96. The van der Waals surface area contributed by atoms with Gasteiger partial charge in [0, 0.05) is 12.6 Å². The average molecular weight is 186 g/mol. The first-order chi connectivity index (χ1) is 6.31. The van der Waals surface area contributed by atoms with Crippen molar-refractivity contribution in [2.45, 2.75) is 51.7 Å². The Morgan fingerprint density at radius 2 is 2.15 bits per heavy atom. The Balaban J connectivity index is 2.30. The molecule has 0 radical (unpaired) electrons. The van der Waals surface area contributed by atoms with E-state index in [0.29, 0.717) is 6.04 Å². The summed E-state index contributed by atoms with van der Waals surface area (Å²) in [6, 6.07) is 0.345. The van der Waals surface area contributed by atoms with Gasteiger partial charge in [-0.3, -0.25) is 11.3 Å². The van der Waals surface area contributed by atoms with Crippen molar-refractivity contribution < 1.29 is 4.74 Å². The first-order valence-corrected chi connectivity index (χ1v) is 5.39. The summed E-state index contributed by atoms with van der Waals surface area (Å²) in [7, 11) is 0. The highest BCUT2D eigenvalue weighted by Crippen LogP contribution is 2.34. The van der Waals surface area contributed by atoms with Gasteiger partial charge >= 0.3 is 0 Å². The molecule has 1 fully saturated rings. The fourth-order valence-electron chi connectivity index (χ4n) is 1.77. The van der Waals surface area contributed by atoms with Gasteiger partial charge in [-0.15, -0.1) is 0 Å². The number of hydrogen-bond donors (Lipinski definition) is 2. The van der Waals surface area contributed by atoms with Crippen LogP contribution in [0.4, 0.5) is 0 Å². The molecule has 0 bridgehead atoms. The third kappa shape index (κ3) is 3.63. The Hall–Kier alpha value is -0.120. The van der Waals surface area contributed by atoms with E-state index in [0.717, 1.165) is 18.9 Å². The summed E-state index contributed by atoms with van der Waals surface area (Å²) in [4.78, 5) is 0. The fourth-order valence-corrected chi connectivity index (χ4v) is 1.77. The molecule has 0 aromatic rings. The summed E-state index contributed by atoms with van der Waals surface area (Å²) in [5, 5.41) is 0. The highest BCUT2D eigenvalue weighted by atomic mass is 16.5. The second kappa shape index (κ2) is 5.58. The van der Waals surface area contributed by atoms with Gasteiger partial charge in [0.25, 0.3) is 0 Å². The van der Waals surface area contributed by atoms with Gasteiger partial charge < -0.3 is 4.74 Å². The molecule has 78 valence electrons. The molecule has 3 N–H and O–H groups in total. The predicted octanol–water partition coefficient (Wildman–Crippen LogP) is 1.43. The van der Waals surface area contributed by atoms with E-state index in [1.54, 1.807) is 0 Å². The molecule has 13 heavy (non-hydrogen) atoms. The van der Waals surface area contributed by atoms with Crippen LogP contribution < -0.4 is 11.3 Å². The Labute approximate surface area is 81.0 Å². The maximum atomic E-state index is 5.63. The zero-order chi connectivity index (χ0) is 9.68. The summed E-state index contributed by atoms with van der Waals surface area (Å²) >= 11 is 0. The Morgan fingerprint density at radius 1 is 1.46 bits per heavy atom.